The topological polar surface area (TPSA) is 30.0 Å². The summed E-state index contributed by atoms with van der Waals surface area (Å²) in [5, 5.41) is 0. The molecule has 0 unspecified atom stereocenters. The number of aromatic nitrogens is 1. The van der Waals surface area contributed by atoms with E-state index >= 15 is 0 Å². The molecule has 86 valence electrons. The molecule has 0 saturated carbocycles. The zero-order valence-corrected chi connectivity index (χ0v) is 9.70. The quantitative estimate of drug-likeness (QED) is 0.741. The van der Waals surface area contributed by atoms with Crippen LogP contribution < -0.4 is 0 Å². The molecule has 0 atom stereocenters. The Morgan fingerprint density at radius 2 is 1.94 bits per heavy atom. The first-order valence-corrected chi connectivity index (χ1v) is 5.31. The Hall–Kier alpha value is -2.03. The van der Waals surface area contributed by atoms with Gasteiger partial charge in [0.2, 0.25) is 0 Å². The molecule has 1 heterocycles. The van der Waals surface area contributed by atoms with Crippen molar-refractivity contribution in [3.63, 3.8) is 0 Å². The summed E-state index contributed by atoms with van der Waals surface area (Å²) in [6, 6.07) is 6.75. The van der Waals surface area contributed by atoms with Crippen LogP contribution in [0.3, 0.4) is 0 Å². The molecule has 0 saturated heterocycles. The van der Waals surface area contributed by atoms with Crippen LogP contribution in [0.25, 0.3) is 0 Å². The number of ketones is 1. The van der Waals surface area contributed by atoms with Crippen molar-refractivity contribution in [3.05, 3.63) is 64.7 Å². The van der Waals surface area contributed by atoms with Gasteiger partial charge in [-0.15, -0.1) is 0 Å². The highest BCUT2D eigenvalue weighted by Gasteiger charge is 2.13. The molecule has 0 spiro atoms. The molecule has 0 amide bonds. The fraction of sp³-hybridized carbons (Fsp3) is 0.143. The average Bonchev–Trinajstić information content (AvgIpc) is 2.32. The third kappa shape index (κ3) is 2.23. The van der Waals surface area contributed by atoms with Crippen molar-refractivity contribution in [2.45, 2.75) is 13.8 Å². The van der Waals surface area contributed by atoms with Crippen LogP contribution in [0.4, 0.5) is 4.39 Å². The maximum absolute atomic E-state index is 13.4. The van der Waals surface area contributed by atoms with E-state index in [0.29, 0.717) is 5.56 Å². The highest BCUT2D eigenvalue weighted by atomic mass is 19.1. The minimum absolute atomic E-state index is 0.0586. The summed E-state index contributed by atoms with van der Waals surface area (Å²) in [4.78, 5) is 15.7. The number of nitrogens with zero attached hydrogens (tertiary/aromatic N) is 1. The summed E-state index contributed by atoms with van der Waals surface area (Å²) in [7, 11) is 0. The van der Waals surface area contributed by atoms with E-state index < -0.39 is 5.82 Å². The van der Waals surface area contributed by atoms with E-state index in [9.17, 15) is 9.18 Å². The Kier molecular flexibility index (Phi) is 3.00. The van der Waals surface area contributed by atoms with Crippen LogP contribution in [0.2, 0.25) is 0 Å². The van der Waals surface area contributed by atoms with Gasteiger partial charge in [-0.1, -0.05) is 12.1 Å². The standard InChI is InChI=1S/C14H12FNO/c1-9-3-4-11(7-10(9)2)14(17)12-5-6-16-8-13(12)15/h3-8H,1-2H3. The lowest BCUT2D eigenvalue weighted by Gasteiger charge is -2.05. The molecule has 0 aliphatic carbocycles. The number of rotatable bonds is 2. The number of hydrogen-bond acceptors (Lipinski definition) is 2. The number of carbonyl (C=O) groups excluding carboxylic acids is 1. The molecule has 0 aliphatic heterocycles. The monoisotopic (exact) mass is 229 g/mol. The van der Waals surface area contributed by atoms with E-state index in [0.717, 1.165) is 17.3 Å². The number of pyridine rings is 1. The van der Waals surface area contributed by atoms with Crippen molar-refractivity contribution in [1.82, 2.24) is 4.98 Å². The van der Waals surface area contributed by atoms with Crippen molar-refractivity contribution in [2.24, 2.45) is 0 Å². The Balaban J connectivity index is 2.44. The van der Waals surface area contributed by atoms with Crippen molar-refractivity contribution < 1.29 is 9.18 Å². The van der Waals surface area contributed by atoms with E-state index in [1.807, 2.05) is 19.9 Å². The van der Waals surface area contributed by atoms with Gasteiger partial charge in [0.25, 0.3) is 0 Å². The molecule has 17 heavy (non-hydrogen) atoms. The molecule has 0 N–H and O–H groups in total. The van der Waals surface area contributed by atoms with Gasteiger partial charge in [0.15, 0.2) is 11.6 Å². The van der Waals surface area contributed by atoms with Gasteiger partial charge in [-0.25, -0.2) is 4.39 Å². The lowest BCUT2D eigenvalue weighted by atomic mass is 10.00. The van der Waals surface area contributed by atoms with E-state index in [1.165, 1.54) is 12.3 Å². The van der Waals surface area contributed by atoms with Crippen molar-refractivity contribution in [3.8, 4) is 0 Å². The fourth-order valence-corrected chi connectivity index (χ4v) is 1.60. The Morgan fingerprint density at radius 1 is 1.18 bits per heavy atom. The Labute approximate surface area is 99.1 Å². The van der Waals surface area contributed by atoms with Crippen LogP contribution in [0.1, 0.15) is 27.0 Å². The molecule has 2 nitrogen and oxygen atoms in total. The summed E-state index contributed by atoms with van der Waals surface area (Å²) in [6.45, 7) is 3.89. The molecule has 2 rings (SSSR count). The molecule has 0 aliphatic rings. The van der Waals surface area contributed by atoms with Crippen molar-refractivity contribution >= 4 is 5.78 Å². The zero-order valence-electron chi connectivity index (χ0n) is 9.70. The molecule has 1 aromatic carbocycles. The van der Waals surface area contributed by atoms with Crippen molar-refractivity contribution in [2.75, 3.05) is 0 Å². The molecule has 2 aromatic rings. The minimum atomic E-state index is -0.587. The summed E-state index contributed by atoms with van der Waals surface area (Å²) in [6.07, 6.45) is 2.46. The lowest BCUT2D eigenvalue weighted by Crippen LogP contribution is -2.05. The summed E-state index contributed by atoms with van der Waals surface area (Å²) < 4.78 is 13.4. The van der Waals surface area contributed by atoms with E-state index in [-0.39, 0.29) is 11.3 Å². The van der Waals surface area contributed by atoms with Crippen LogP contribution in [-0.4, -0.2) is 10.8 Å². The molecular weight excluding hydrogens is 217 g/mol. The minimum Gasteiger partial charge on any atom is -0.288 e. The summed E-state index contributed by atoms with van der Waals surface area (Å²) >= 11 is 0. The maximum atomic E-state index is 13.4. The first-order valence-electron chi connectivity index (χ1n) is 5.31. The van der Waals surface area contributed by atoms with Gasteiger partial charge in [-0.05, 0) is 37.1 Å². The normalized spacial score (nSPS) is 10.3. The predicted octanol–water partition coefficient (Wildman–Crippen LogP) is 3.07. The third-order valence-corrected chi connectivity index (χ3v) is 2.79. The number of halogens is 1. The van der Waals surface area contributed by atoms with Gasteiger partial charge in [0, 0.05) is 11.8 Å². The van der Waals surface area contributed by atoms with Crippen LogP contribution in [0.5, 0.6) is 0 Å². The third-order valence-electron chi connectivity index (χ3n) is 2.79. The number of aryl methyl sites for hydroxylation is 2. The van der Waals surface area contributed by atoms with Gasteiger partial charge in [-0.3, -0.25) is 9.78 Å². The predicted molar refractivity (Wildman–Crippen MR) is 63.5 cm³/mol. The highest BCUT2D eigenvalue weighted by Crippen LogP contribution is 2.15. The largest absolute Gasteiger partial charge is 0.288 e. The molecule has 3 heteroatoms. The zero-order chi connectivity index (χ0) is 12.4. The van der Waals surface area contributed by atoms with Gasteiger partial charge in [0.1, 0.15) is 0 Å². The first kappa shape index (κ1) is 11.5. The highest BCUT2D eigenvalue weighted by molar-refractivity contribution is 6.09. The molecule has 0 fully saturated rings. The van der Waals surface area contributed by atoms with Crippen LogP contribution >= 0.6 is 0 Å². The average molecular weight is 229 g/mol. The second kappa shape index (κ2) is 4.45. The number of carbonyl (C=O) groups is 1. The lowest BCUT2D eigenvalue weighted by molar-refractivity contribution is 0.103. The van der Waals surface area contributed by atoms with Crippen LogP contribution in [0, 0.1) is 19.7 Å². The summed E-state index contributed by atoms with van der Waals surface area (Å²) in [5.74, 6) is -0.899. The fourth-order valence-electron chi connectivity index (χ4n) is 1.60. The van der Waals surface area contributed by atoms with Gasteiger partial charge in [0.05, 0.1) is 11.8 Å². The molecular formula is C14H12FNO. The molecule has 1 aromatic heterocycles. The summed E-state index contributed by atoms with van der Waals surface area (Å²) in [5.41, 5.74) is 2.68. The van der Waals surface area contributed by atoms with Gasteiger partial charge in [-0.2, -0.15) is 0 Å². The van der Waals surface area contributed by atoms with E-state index in [4.69, 9.17) is 0 Å². The molecule has 0 radical (unpaired) electrons. The van der Waals surface area contributed by atoms with E-state index in [1.54, 1.807) is 12.1 Å². The second-order valence-electron chi connectivity index (χ2n) is 3.98. The van der Waals surface area contributed by atoms with Gasteiger partial charge < -0.3 is 0 Å². The molecule has 0 bridgehead atoms. The smallest absolute Gasteiger partial charge is 0.196 e. The van der Waals surface area contributed by atoms with Gasteiger partial charge >= 0.3 is 0 Å². The second-order valence-corrected chi connectivity index (χ2v) is 3.98. The van der Waals surface area contributed by atoms with Crippen LogP contribution in [0.15, 0.2) is 36.7 Å². The van der Waals surface area contributed by atoms with Crippen molar-refractivity contribution in [1.29, 1.82) is 0 Å². The number of benzene rings is 1. The van der Waals surface area contributed by atoms with Crippen LogP contribution in [-0.2, 0) is 0 Å². The first-order chi connectivity index (χ1) is 8.09. The SMILES string of the molecule is Cc1ccc(C(=O)c2ccncc2F)cc1C. The number of hydrogen-bond donors (Lipinski definition) is 0. The van der Waals surface area contributed by atoms with E-state index in [2.05, 4.69) is 4.98 Å². The Morgan fingerprint density at radius 3 is 2.59 bits per heavy atom. The Bertz CT molecular complexity index is 578. The maximum Gasteiger partial charge on any atom is 0.196 e.